The van der Waals surface area contributed by atoms with Crippen LogP contribution >= 0.6 is 0 Å². The van der Waals surface area contributed by atoms with Crippen LogP contribution in [0.25, 0.3) is 0 Å². The van der Waals surface area contributed by atoms with Crippen molar-refractivity contribution in [2.45, 2.75) is 31.7 Å². The Kier molecular flexibility index (Phi) is 4.31. The normalized spacial score (nSPS) is 18.4. The third-order valence-electron chi connectivity index (χ3n) is 3.41. The minimum Gasteiger partial charge on any atom is -0.481 e. The highest BCUT2D eigenvalue weighted by Gasteiger charge is 2.29. The van der Waals surface area contributed by atoms with Gasteiger partial charge in [-0.3, -0.25) is 9.59 Å². The molecule has 2 heterocycles. The van der Waals surface area contributed by atoms with Gasteiger partial charge in [-0.15, -0.1) is 0 Å². The summed E-state index contributed by atoms with van der Waals surface area (Å²) in [7, 11) is 0. The Hall–Kier alpha value is -2.42. The lowest BCUT2D eigenvalue weighted by Crippen LogP contribution is -2.45. The molecule has 0 aromatic carbocycles. The molecule has 6 heteroatoms. The van der Waals surface area contributed by atoms with E-state index in [-0.39, 0.29) is 24.1 Å². The van der Waals surface area contributed by atoms with Crippen LogP contribution in [-0.2, 0) is 4.79 Å². The molecule has 1 unspecified atom stereocenters. The lowest BCUT2D eigenvalue weighted by atomic mass is 9.99. The van der Waals surface area contributed by atoms with E-state index < -0.39 is 5.97 Å². The van der Waals surface area contributed by atoms with Crippen LogP contribution in [0.4, 0.5) is 0 Å². The molecule has 104 valence electrons. The Morgan fingerprint density at radius 2 is 2.25 bits per heavy atom. The molecule has 1 amide bonds. The van der Waals surface area contributed by atoms with Crippen LogP contribution in [-0.4, -0.2) is 39.5 Å². The van der Waals surface area contributed by atoms with E-state index >= 15 is 0 Å². The molecular formula is C14H15N3O3. The first-order chi connectivity index (χ1) is 9.61. The van der Waals surface area contributed by atoms with E-state index in [1.807, 2.05) is 6.07 Å². The van der Waals surface area contributed by atoms with Gasteiger partial charge < -0.3 is 10.0 Å². The molecular weight excluding hydrogens is 258 g/mol. The van der Waals surface area contributed by atoms with Gasteiger partial charge in [0.05, 0.1) is 12.0 Å². The van der Waals surface area contributed by atoms with Gasteiger partial charge in [-0.05, 0) is 31.4 Å². The lowest BCUT2D eigenvalue weighted by Gasteiger charge is -2.34. The van der Waals surface area contributed by atoms with Crippen LogP contribution in [0.15, 0.2) is 18.3 Å². The molecule has 0 radical (unpaired) electrons. The average Bonchev–Trinajstić information content (AvgIpc) is 2.46. The second-order valence-corrected chi connectivity index (χ2v) is 4.79. The molecule has 1 aromatic rings. The van der Waals surface area contributed by atoms with Crippen molar-refractivity contribution in [2.24, 2.45) is 0 Å². The number of likely N-dealkylation sites (tertiary alicyclic amines) is 1. The van der Waals surface area contributed by atoms with Crippen LogP contribution < -0.4 is 0 Å². The fourth-order valence-corrected chi connectivity index (χ4v) is 2.42. The molecule has 1 aliphatic heterocycles. The maximum atomic E-state index is 12.4. The van der Waals surface area contributed by atoms with E-state index in [0.717, 1.165) is 12.8 Å². The number of hydrogen-bond donors (Lipinski definition) is 1. The van der Waals surface area contributed by atoms with Gasteiger partial charge in [0.15, 0.2) is 0 Å². The van der Waals surface area contributed by atoms with Gasteiger partial charge in [0.1, 0.15) is 11.8 Å². The molecule has 1 aliphatic rings. The quantitative estimate of drug-likeness (QED) is 0.898. The highest BCUT2D eigenvalue weighted by molar-refractivity contribution is 5.92. The van der Waals surface area contributed by atoms with Gasteiger partial charge in [-0.2, -0.15) is 5.26 Å². The number of pyridine rings is 1. The van der Waals surface area contributed by atoms with E-state index in [1.54, 1.807) is 4.90 Å². The average molecular weight is 273 g/mol. The SMILES string of the molecule is N#Cc1ccc(C(=O)N2CCCCC2CC(=O)O)nc1. The van der Waals surface area contributed by atoms with Crippen molar-refractivity contribution in [2.75, 3.05) is 6.54 Å². The summed E-state index contributed by atoms with van der Waals surface area (Å²) in [6, 6.07) is 4.72. The summed E-state index contributed by atoms with van der Waals surface area (Å²) in [5.41, 5.74) is 0.642. The molecule has 2 rings (SSSR count). The van der Waals surface area contributed by atoms with Crippen molar-refractivity contribution in [3.8, 4) is 6.07 Å². The first-order valence-electron chi connectivity index (χ1n) is 6.50. The van der Waals surface area contributed by atoms with E-state index in [1.165, 1.54) is 18.3 Å². The number of carboxylic acids is 1. The monoisotopic (exact) mass is 273 g/mol. The van der Waals surface area contributed by atoms with Crippen molar-refractivity contribution in [1.29, 1.82) is 5.26 Å². The van der Waals surface area contributed by atoms with E-state index in [0.29, 0.717) is 18.5 Å². The zero-order valence-electron chi connectivity index (χ0n) is 11.0. The van der Waals surface area contributed by atoms with E-state index in [2.05, 4.69) is 4.98 Å². The van der Waals surface area contributed by atoms with E-state index in [9.17, 15) is 9.59 Å². The van der Waals surface area contributed by atoms with Crippen LogP contribution in [0.5, 0.6) is 0 Å². The number of carboxylic acid groups (broad SMARTS) is 1. The van der Waals surface area contributed by atoms with Crippen molar-refractivity contribution in [3.63, 3.8) is 0 Å². The minimum atomic E-state index is -0.900. The highest BCUT2D eigenvalue weighted by Crippen LogP contribution is 2.21. The predicted octanol–water partition coefficient (Wildman–Crippen LogP) is 1.42. The predicted molar refractivity (Wildman–Crippen MR) is 69.9 cm³/mol. The van der Waals surface area contributed by atoms with Crippen LogP contribution in [0.3, 0.4) is 0 Å². The molecule has 0 aliphatic carbocycles. The van der Waals surface area contributed by atoms with Crippen LogP contribution in [0.2, 0.25) is 0 Å². The summed E-state index contributed by atoms with van der Waals surface area (Å²) in [5, 5.41) is 17.6. The zero-order chi connectivity index (χ0) is 14.5. The second-order valence-electron chi connectivity index (χ2n) is 4.79. The third kappa shape index (κ3) is 3.12. The van der Waals surface area contributed by atoms with Crippen LogP contribution in [0, 0.1) is 11.3 Å². The summed E-state index contributed by atoms with van der Waals surface area (Å²) in [4.78, 5) is 28.8. The molecule has 20 heavy (non-hydrogen) atoms. The Morgan fingerprint density at radius 1 is 1.45 bits per heavy atom. The standard InChI is InChI=1S/C14H15N3O3/c15-8-10-4-5-12(16-9-10)14(20)17-6-2-1-3-11(17)7-13(18)19/h4-5,9,11H,1-3,6-7H2,(H,18,19). The van der Waals surface area contributed by atoms with Crippen molar-refractivity contribution >= 4 is 11.9 Å². The van der Waals surface area contributed by atoms with Gasteiger partial charge in [0.25, 0.3) is 5.91 Å². The summed E-state index contributed by atoms with van der Waals surface area (Å²) in [5.74, 6) is -1.16. The van der Waals surface area contributed by atoms with Crippen molar-refractivity contribution in [3.05, 3.63) is 29.6 Å². The number of nitrogens with zero attached hydrogens (tertiary/aromatic N) is 3. The van der Waals surface area contributed by atoms with Crippen molar-refractivity contribution < 1.29 is 14.7 Å². The molecule has 0 bridgehead atoms. The maximum absolute atomic E-state index is 12.4. The Balaban J connectivity index is 2.16. The van der Waals surface area contributed by atoms with Gasteiger partial charge in [-0.25, -0.2) is 4.98 Å². The summed E-state index contributed by atoms with van der Waals surface area (Å²) >= 11 is 0. The number of rotatable bonds is 3. The van der Waals surface area contributed by atoms with Gasteiger partial charge >= 0.3 is 5.97 Å². The van der Waals surface area contributed by atoms with Gasteiger partial charge in [-0.1, -0.05) is 0 Å². The Bertz CT molecular complexity index is 548. The fourth-order valence-electron chi connectivity index (χ4n) is 2.42. The van der Waals surface area contributed by atoms with E-state index in [4.69, 9.17) is 10.4 Å². The molecule has 1 aromatic heterocycles. The minimum absolute atomic E-state index is 0.0397. The molecule has 6 nitrogen and oxygen atoms in total. The molecule has 1 fully saturated rings. The summed E-state index contributed by atoms with van der Waals surface area (Å²) in [6.45, 7) is 0.554. The number of hydrogen-bond acceptors (Lipinski definition) is 4. The fraction of sp³-hybridized carbons (Fsp3) is 0.429. The zero-order valence-corrected chi connectivity index (χ0v) is 11.0. The molecule has 0 spiro atoms. The molecule has 1 atom stereocenters. The number of carbonyl (C=O) groups is 2. The highest BCUT2D eigenvalue weighted by atomic mass is 16.4. The largest absolute Gasteiger partial charge is 0.481 e. The number of piperidine rings is 1. The third-order valence-corrected chi connectivity index (χ3v) is 3.41. The Morgan fingerprint density at radius 3 is 2.85 bits per heavy atom. The molecule has 0 saturated carbocycles. The number of carbonyl (C=O) groups excluding carboxylic acids is 1. The molecule has 1 saturated heterocycles. The first kappa shape index (κ1) is 14.0. The maximum Gasteiger partial charge on any atom is 0.305 e. The lowest BCUT2D eigenvalue weighted by molar-refractivity contribution is -0.138. The van der Waals surface area contributed by atoms with Crippen LogP contribution in [0.1, 0.15) is 41.7 Å². The summed E-state index contributed by atoms with van der Waals surface area (Å²) in [6.07, 6.45) is 3.82. The number of amides is 1. The first-order valence-corrected chi connectivity index (χ1v) is 6.50. The number of aliphatic carboxylic acids is 1. The number of nitriles is 1. The molecule has 1 N–H and O–H groups in total. The van der Waals surface area contributed by atoms with Crippen molar-refractivity contribution in [1.82, 2.24) is 9.88 Å². The summed E-state index contributed by atoms with van der Waals surface area (Å²) < 4.78 is 0. The topological polar surface area (TPSA) is 94.3 Å². The van der Waals surface area contributed by atoms with Gasteiger partial charge in [0.2, 0.25) is 0 Å². The Labute approximate surface area is 116 Å². The van der Waals surface area contributed by atoms with Gasteiger partial charge in [0, 0.05) is 18.8 Å². The number of aromatic nitrogens is 1. The smallest absolute Gasteiger partial charge is 0.305 e. The second kappa shape index (κ2) is 6.15.